The Labute approximate surface area is 103 Å². The maximum absolute atomic E-state index is 5.51. The topological polar surface area (TPSA) is 64.7 Å². The number of hydrogen-bond donors (Lipinski definition) is 1. The quantitative estimate of drug-likeness (QED) is 0.864. The van der Waals surface area contributed by atoms with Crippen LogP contribution < -0.4 is 5.73 Å². The van der Waals surface area contributed by atoms with Crippen molar-refractivity contribution in [1.82, 2.24) is 15.0 Å². The van der Waals surface area contributed by atoms with Crippen LogP contribution in [0.1, 0.15) is 5.69 Å². The van der Waals surface area contributed by atoms with Gasteiger partial charge in [0.05, 0.1) is 4.47 Å². The summed E-state index contributed by atoms with van der Waals surface area (Å²) in [5.74, 6) is 0.272. The molecule has 0 fully saturated rings. The molecule has 0 bridgehead atoms. The fraction of sp³-hybridized carbons (Fsp3) is 0.125. The molecule has 0 aromatic carbocycles. The van der Waals surface area contributed by atoms with E-state index in [1.165, 1.54) is 11.8 Å². The molecule has 78 valence electrons. The lowest BCUT2D eigenvalue weighted by molar-refractivity contribution is 1.04. The van der Waals surface area contributed by atoms with Gasteiger partial charge in [0.1, 0.15) is 5.03 Å². The number of nitrogen functional groups attached to an aromatic ring is 1. The molecule has 7 heteroatoms. The minimum Gasteiger partial charge on any atom is -0.368 e. The van der Waals surface area contributed by atoms with Gasteiger partial charge in [-0.3, -0.25) is 0 Å². The monoisotopic (exact) mass is 302 g/mol. The number of anilines is 1. The van der Waals surface area contributed by atoms with Crippen LogP contribution in [0.5, 0.6) is 0 Å². The number of nitrogens with zero attached hydrogens (tertiary/aromatic N) is 3. The van der Waals surface area contributed by atoms with Gasteiger partial charge >= 0.3 is 0 Å². The Hall–Kier alpha value is -0.660. The van der Waals surface area contributed by atoms with Gasteiger partial charge < -0.3 is 5.73 Å². The third kappa shape index (κ3) is 2.67. The van der Waals surface area contributed by atoms with Gasteiger partial charge in [-0.1, -0.05) is 0 Å². The molecule has 0 spiro atoms. The van der Waals surface area contributed by atoms with E-state index in [4.69, 9.17) is 5.73 Å². The van der Waals surface area contributed by atoms with Gasteiger partial charge in [-0.25, -0.2) is 15.0 Å². The Morgan fingerprint density at radius 1 is 1.47 bits per heavy atom. The number of rotatable bonds is 2. The van der Waals surface area contributed by atoms with Crippen LogP contribution in [-0.4, -0.2) is 15.0 Å². The molecule has 0 aliphatic carbocycles. The summed E-state index contributed by atoms with van der Waals surface area (Å²) in [5.41, 5.74) is 6.53. The molecule has 0 amide bonds. The normalized spacial score (nSPS) is 10.5. The summed E-state index contributed by atoms with van der Waals surface area (Å²) in [5, 5.41) is 2.79. The predicted molar refractivity (Wildman–Crippen MR) is 65.1 cm³/mol. The first-order valence-electron chi connectivity index (χ1n) is 4.03. The third-order valence-electron chi connectivity index (χ3n) is 1.51. The van der Waals surface area contributed by atoms with Gasteiger partial charge in [0.15, 0.2) is 4.34 Å². The Morgan fingerprint density at radius 2 is 2.27 bits per heavy atom. The Morgan fingerprint density at radius 3 is 2.93 bits per heavy atom. The average molecular weight is 303 g/mol. The number of aryl methyl sites for hydroxylation is 1. The van der Waals surface area contributed by atoms with Crippen LogP contribution in [-0.2, 0) is 0 Å². The van der Waals surface area contributed by atoms with Crippen LogP contribution in [0.25, 0.3) is 0 Å². The van der Waals surface area contributed by atoms with Crippen LogP contribution in [0.2, 0.25) is 0 Å². The largest absolute Gasteiger partial charge is 0.368 e. The van der Waals surface area contributed by atoms with E-state index < -0.39 is 0 Å². The number of halogens is 1. The molecule has 2 rings (SSSR count). The molecular weight excluding hydrogens is 296 g/mol. The Balaban J connectivity index is 2.27. The van der Waals surface area contributed by atoms with Gasteiger partial charge in [-0.2, -0.15) is 0 Å². The maximum Gasteiger partial charge on any atom is 0.221 e. The van der Waals surface area contributed by atoms with Crippen molar-refractivity contribution in [2.24, 2.45) is 0 Å². The zero-order valence-electron chi connectivity index (χ0n) is 7.77. The zero-order valence-corrected chi connectivity index (χ0v) is 11.0. The van der Waals surface area contributed by atoms with Crippen LogP contribution in [0.3, 0.4) is 0 Å². The second-order valence-corrected chi connectivity index (χ2v) is 5.69. The van der Waals surface area contributed by atoms with Gasteiger partial charge in [-0.15, -0.1) is 11.3 Å². The van der Waals surface area contributed by atoms with Crippen molar-refractivity contribution in [3.05, 3.63) is 21.7 Å². The van der Waals surface area contributed by atoms with Crippen molar-refractivity contribution < 1.29 is 0 Å². The fourth-order valence-electron chi connectivity index (χ4n) is 0.898. The number of nitrogens with two attached hydrogens (primary N) is 1. The smallest absolute Gasteiger partial charge is 0.221 e. The minimum atomic E-state index is 0.272. The molecule has 0 radical (unpaired) electrons. The van der Waals surface area contributed by atoms with Crippen molar-refractivity contribution >= 4 is 45.0 Å². The summed E-state index contributed by atoms with van der Waals surface area (Å²) in [7, 11) is 0. The maximum atomic E-state index is 5.51. The van der Waals surface area contributed by atoms with Gasteiger partial charge in [0, 0.05) is 17.3 Å². The van der Waals surface area contributed by atoms with Gasteiger partial charge in [0.2, 0.25) is 5.95 Å². The second kappa shape index (κ2) is 4.46. The zero-order chi connectivity index (χ0) is 10.8. The van der Waals surface area contributed by atoms with Crippen molar-refractivity contribution in [3.63, 3.8) is 0 Å². The first-order chi connectivity index (χ1) is 7.15. The van der Waals surface area contributed by atoms with Crippen molar-refractivity contribution in [1.29, 1.82) is 0 Å². The van der Waals surface area contributed by atoms with E-state index in [9.17, 15) is 0 Å². The van der Waals surface area contributed by atoms with Crippen LogP contribution in [0.4, 0.5) is 5.95 Å². The summed E-state index contributed by atoms with van der Waals surface area (Å²) in [6.07, 6.45) is 1.64. The first-order valence-corrected chi connectivity index (χ1v) is 6.52. The molecule has 15 heavy (non-hydrogen) atoms. The first kappa shape index (κ1) is 10.8. The van der Waals surface area contributed by atoms with E-state index in [0.29, 0.717) is 0 Å². The highest BCUT2D eigenvalue weighted by Crippen LogP contribution is 2.33. The van der Waals surface area contributed by atoms with Crippen molar-refractivity contribution in [2.45, 2.75) is 16.3 Å². The lowest BCUT2D eigenvalue weighted by atomic mass is 10.6. The lowest BCUT2D eigenvalue weighted by Crippen LogP contribution is -1.95. The van der Waals surface area contributed by atoms with Crippen LogP contribution >= 0.6 is 39.0 Å². The molecule has 2 heterocycles. The summed E-state index contributed by atoms with van der Waals surface area (Å²) in [6.45, 7) is 1.96. The Bertz CT molecular complexity index is 485. The molecule has 2 aromatic heterocycles. The molecular formula is C8H7BrN4S2. The molecule has 0 atom stereocenters. The second-order valence-electron chi connectivity index (χ2n) is 2.74. The lowest BCUT2D eigenvalue weighted by Gasteiger charge is -2.00. The van der Waals surface area contributed by atoms with E-state index in [0.717, 1.165) is 19.5 Å². The highest BCUT2D eigenvalue weighted by Gasteiger charge is 2.08. The third-order valence-corrected chi connectivity index (χ3v) is 4.42. The minimum absolute atomic E-state index is 0.272. The molecule has 2 aromatic rings. The molecule has 0 aliphatic heterocycles. The van der Waals surface area contributed by atoms with E-state index in [1.807, 2.05) is 12.3 Å². The predicted octanol–water partition coefficient (Wildman–Crippen LogP) is 2.74. The highest BCUT2D eigenvalue weighted by molar-refractivity contribution is 9.10. The van der Waals surface area contributed by atoms with Crippen LogP contribution in [0.15, 0.2) is 25.4 Å². The summed E-state index contributed by atoms with van der Waals surface area (Å²) in [6, 6.07) is 0. The summed E-state index contributed by atoms with van der Waals surface area (Å²) >= 11 is 6.44. The molecule has 4 nitrogen and oxygen atoms in total. The Kier molecular flexibility index (Phi) is 3.22. The standard InChI is InChI=1S/C8H7BrN4S2/c1-4-3-14-8(12-4)15-6-5(9)2-11-7(10)13-6/h2-3H,1H3,(H2,10,11,13). The van der Waals surface area contributed by atoms with Gasteiger partial charge in [0.25, 0.3) is 0 Å². The fourth-order valence-corrected chi connectivity index (χ4v) is 3.07. The summed E-state index contributed by atoms with van der Waals surface area (Å²) in [4.78, 5) is 12.3. The highest BCUT2D eigenvalue weighted by atomic mass is 79.9. The van der Waals surface area contributed by atoms with E-state index >= 15 is 0 Å². The molecule has 0 saturated carbocycles. The molecule has 0 aliphatic rings. The number of thiazole rings is 1. The number of aromatic nitrogens is 3. The van der Waals surface area contributed by atoms with Crippen LogP contribution in [0, 0.1) is 6.92 Å². The number of hydrogen-bond acceptors (Lipinski definition) is 6. The van der Waals surface area contributed by atoms with E-state index in [1.54, 1.807) is 17.5 Å². The van der Waals surface area contributed by atoms with Crippen molar-refractivity contribution in [3.8, 4) is 0 Å². The SMILES string of the molecule is Cc1csc(Sc2nc(N)ncc2Br)n1. The molecule has 2 N–H and O–H groups in total. The molecule has 0 saturated heterocycles. The molecule has 0 unspecified atom stereocenters. The summed E-state index contributed by atoms with van der Waals surface area (Å²) < 4.78 is 1.78. The van der Waals surface area contributed by atoms with E-state index in [-0.39, 0.29) is 5.95 Å². The van der Waals surface area contributed by atoms with E-state index in [2.05, 4.69) is 30.9 Å². The average Bonchev–Trinajstić information content (AvgIpc) is 2.58. The van der Waals surface area contributed by atoms with Gasteiger partial charge in [-0.05, 0) is 34.6 Å². The van der Waals surface area contributed by atoms with Crippen molar-refractivity contribution in [2.75, 3.05) is 5.73 Å².